The maximum atomic E-state index is 13.1. The number of nitrogens with one attached hydrogen (secondary N) is 1. The largest absolute Gasteiger partial charge is 0.463 e. The van der Waals surface area contributed by atoms with Crippen LogP contribution in [0.4, 0.5) is 5.69 Å². The van der Waals surface area contributed by atoms with Gasteiger partial charge in [-0.25, -0.2) is 0 Å². The zero-order valence-electron chi connectivity index (χ0n) is 18.6. The van der Waals surface area contributed by atoms with E-state index in [1.54, 1.807) is 38.1 Å². The van der Waals surface area contributed by atoms with Gasteiger partial charge in [-0.2, -0.15) is 0 Å². The lowest BCUT2D eigenvalue weighted by atomic mass is 10.0. The number of halogens is 1. The van der Waals surface area contributed by atoms with Crippen LogP contribution in [0.1, 0.15) is 59.5 Å². The van der Waals surface area contributed by atoms with Crippen LogP contribution in [0.2, 0.25) is 5.02 Å². The summed E-state index contributed by atoms with van der Waals surface area (Å²) in [5.41, 5.74) is -0.581. The second-order valence-electron chi connectivity index (χ2n) is 7.94. The molecule has 2 atom stereocenters. The summed E-state index contributed by atoms with van der Waals surface area (Å²) >= 11 is 6.27. The fourth-order valence-electron chi connectivity index (χ4n) is 3.67. The summed E-state index contributed by atoms with van der Waals surface area (Å²) in [6.07, 6.45) is -0.614. The number of amides is 3. The summed E-state index contributed by atoms with van der Waals surface area (Å²) < 4.78 is 5.18. The molecule has 1 aliphatic heterocycles. The first-order chi connectivity index (χ1) is 16.0. The molecule has 0 saturated heterocycles. The molecule has 2 aromatic rings. The summed E-state index contributed by atoms with van der Waals surface area (Å²) in [4.78, 5) is 62.4. The first-order valence-corrected chi connectivity index (χ1v) is 10.8. The number of nitro benzene ring substituents is 1. The van der Waals surface area contributed by atoms with Gasteiger partial charge >= 0.3 is 5.97 Å². The lowest BCUT2D eigenvalue weighted by Crippen LogP contribution is -2.49. The topological polar surface area (TPSA) is 136 Å². The highest BCUT2D eigenvalue weighted by molar-refractivity contribution is 6.31. The minimum absolute atomic E-state index is 0.151. The van der Waals surface area contributed by atoms with Crippen molar-refractivity contribution in [1.82, 2.24) is 10.2 Å². The maximum Gasteiger partial charge on any atom is 0.308 e. The molecule has 10 nitrogen and oxygen atoms in total. The Morgan fingerprint density at radius 1 is 1.09 bits per heavy atom. The van der Waals surface area contributed by atoms with Gasteiger partial charge in [0.1, 0.15) is 11.6 Å². The van der Waals surface area contributed by atoms with Crippen molar-refractivity contribution >= 4 is 41.0 Å². The molecule has 3 amide bonds. The number of benzene rings is 2. The Morgan fingerprint density at radius 3 is 2.38 bits per heavy atom. The van der Waals surface area contributed by atoms with E-state index in [1.165, 1.54) is 19.1 Å². The van der Waals surface area contributed by atoms with E-state index in [4.69, 9.17) is 16.3 Å². The normalized spacial score (nSPS) is 14.6. The smallest absolute Gasteiger partial charge is 0.308 e. The fourth-order valence-corrected chi connectivity index (χ4v) is 3.94. The van der Waals surface area contributed by atoms with Crippen molar-refractivity contribution in [3.05, 3.63) is 74.3 Å². The number of hydrogen-bond donors (Lipinski definition) is 1. The minimum Gasteiger partial charge on any atom is -0.463 e. The Morgan fingerprint density at radius 2 is 1.76 bits per heavy atom. The molecular weight excluding hydrogens is 466 g/mol. The molecule has 178 valence electrons. The third-order valence-electron chi connectivity index (χ3n) is 5.22. The van der Waals surface area contributed by atoms with Crippen LogP contribution >= 0.6 is 11.6 Å². The molecule has 0 saturated carbocycles. The summed E-state index contributed by atoms with van der Waals surface area (Å²) in [6, 6.07) is 8.07. The molecule has 11 heteroatoms. The molecule has 1 heterocycles. The number of nitrogens with zero attached hydrogens (tertiary/aromatic N) is 2. The first-order valence-electron chi connectivity index (χ1n) is 10.4. The van der Waals surface area contributed by atoms with Gasteiger partial charge in [0.05, 0.1) is 29.1 Å². The first kappa shape index (κ1) is 24.8. The number of fused-ring (bicyclic) bond motifs is 1. The van der Waals surface area contributed by atoms with E-state index in [0.29, 0.717) is 15.5 Å². The highest BCUT2D eigenvalue weighted by atomic mass is 35.5. The van der Waals surface area contributed by atoms with Crippen LogP contribution < -0.4 is 5.32 Å². The zero-order chi connectivity index (χ0) is 25.2. The standard InChI is InChI=1S/C23H22ClN3O7/c1-12(2)34-19(28)11-17(14-7-4-5-9-16(14)24)25-21(29)13(3)26-22(30)15-8-6-10-18(27(32)33)20(15)23(26)31/h4-10,12-13,17H,11H2,1-3H3,(H,25,29). The number of nitro groups is 1. The van der Waals surface area contributed by atoms with Gasteiger partial charge in [-0.05, 0) is 38.5 Å². The number of rotatable bonds is 8. The zero-order valence-corrected chi connectivity index (χ0v) is 19.4. The van der Waals surface area contributed by atoms with Crippen molar-refractivity contribution in [3.8, 4) is 0 Å². The van der Waals surface area contributed by atoms with Crippen LogP contribution in [0.25, 0.3) is 0 Å². The Hall–Kier alpha value is -3.79. The molecule has 0 aromatic heterocycles. The monoisotopic (exact) mass is 487 g/mol. The van der Waals surface area contributed by atoms with Gasteiger partial charge in [-0.1, -0.05) is 35.9 Å². The van der Waals surface area contributed by atoms with Gasteiger partial charge in [0, 0.05) is 11.1 Å². The van der Waals surface area contributed by atoms with E-state index in [9.17, 15) is 29.3 Å². The van der Waals surface area contributed by atoms with E-state index >= 15 is 0 Å². The van der Waals surface area contributed by atoms with Crippen molar-refractivity contribution in [2.75, 3.05) is 0 Å². The molecule has 1 aliphatic rings. The number of carbonyl (C=O) groups excluding carboxylic acids is 4. The van der Waals surface area contributed by atoms with Crippen molar-refractivity contribution < 1.29 is 28.8 Å². The van der Waals surface area contributed by atoms with Crippen molar-refractivity contribution in [2.24, 2.45) is 0 Å². The molecule has 0 fully saturated rings. The molecule has 3 rings (SSSR count). The molecule has 0 aliphatic carbocycles. The van der Waals surface area contributed by atoms with Crippen molar-refractivity contribution in [3.63, 3.8) is 0 Å². The van der Waals surface area contributed by atoms with E-state index in [2.05, 4.69) is 5.32 Å². The lowest BCUT2D eigenvalue weighted by molar-refractivity contribution is -0.385. The predicted octanol–water partition coefficient (Wildman–Crippen LogP) is 3.43. The highest BCUT2D eigenvalue weighted by Crippen LogP contribution is 2.32. The van der Waals surface area contributed by atoms with E-state index in [0.717, 1.165) is 6.07 Å². The van der Waals surface area contributed by atoms with Gasteiger partial charge in [-0.3, -0.25) is 34.2 Å². The van der Waals surface area contributed by atoms with Crippen LogP contribution in [0.5, 0.6) is 0 Å². The van der Waals surface area contributed by atoms with Gasteiger partial charge in [0.25, 0.3) is 17.5 Å². The average molecular weight is 488 g/mol. The third kappa shape index (κ3) is 4.91. The SMILES string of the molecule is CC(C)OC(=O)CC(NC(=O)C(C)N1C(=O)c2cccc([N+](=O)[O-])c2C1=O)c1ccccc1Cl. The number of imide groups is 1. The van der Waals surface area contributed by atoms with Crippen LogP contribution in [-0.4, -0.2) is 45.7 Å². The molecule has 0 radical (unpaired) electrons. The molecule has 2 unspecified atom stereocenters. The van der Waals surface area contributed by atoms with E-state index in [-0.39, 0.29) is 23.7 Å². The van der Waals surface area contributed by atoms with Gasteiger partial charge in [0.2, 0.25) is 5.91 Å². The van der Waals surface area contributed by atoms with Gasteiger partial charge < -0.3 is 10.1 Å². The second-order valence-corrected chi connectivity index (χ2v) is 8.35. The van der Waals surface area contributed by atoms with Crippen molar-refractivity contribution in [1.29, 1.82) is 0 Å². The Bertz CT molecular complexity index is 1180. The number of carbonyl (C=O) groups is 4. The molecule has 34 heavy (non-hydrogen) atoms. The van der Waals surface area contributed by atoms with E-state index in [1.807, 2.05) is 0 Å². The molecule has 2 aromatic carbocycles. The molecule has 0 spiro atoms. The van der Waals surface area contributed by atoms with Gasteiger partial charge in [0.15, 0.2) is 0 Å². The summed E-state index contributed by atoms with van der Waals surface area (Å²) in [5, 5.41) is 14.3. The Balaban J connectivity index is 1.87. The molecule has 1 N–H and O–H groups in total. The van der Waals surface area contributed by atoms with Crippen LogP contribution in [0.15, 0.2) is 42.5 Å². The fraction of sp³-hybridized carbons (Fsp3) is 0.304. The van der Waals surface area contributed by atoms with Crippen molar-refractivity contribution in [2.45, 2.75) is 45.4 Å². The number of hydrogen-bond acceptors (Lipinski definition) is 7. The molecule has 0 bridgehead atoms. The highest BCUT2D eigenvalue weighted by Gasteiger charge is 2.45. The summed E-state index contributed by atoms with van der Waals surface area (Å²) in [7, 11) is 0. The lowest BCUT2D eigenvalue weighted by Gasteiger charge is -2.26. The summed E-state index contributed by atoms with van der Waals surface area (Å²) in [6.45, 7) is 4.69. The van der Waals surface area contributed by atoms with E-state index < -0.39 is 46.4 Å². The molecular formula is C23H22ClN3O7. The maximum absolute atomic E-state index is 13.1. The quantitative estimate of drug-likeness (QED) is 0.260. The van der Waals surface area contributed by atoms with Crippen LogP contribution in [0, 0.1) is 10.1 Å². The second kappa shape index (κ2) is 10.0. The predicted molar refractivity (Wildman–Crippen MR) is 121 cm³/mol. The van der Waals surface area contributed by atoms with Gasteiger partial charge in [-0.15, -0.1) is 0 Å². The Labute approximate surface area is 200 Å². The van der Waals surface area contributed by atoms with Crippen LogP contribution in [0.3, 0.4) is 0 Å². The number of ether oxygens (including phenoxy) is 1. The van der Waals surface area contributed by atoms with Crippen LogP contribution in [-0.2, 0) is 14.3 Å². The third-order valence-corrected chi connectivity index (χ3v) is 5.57. The Kier molecular flexibility index (Phi) is 7.31. The minimum atomic E-state index is -1.32. The number of esters is 1. The average Bonchev–Trinajstić information content (AvgIpc) is 3.02. The summed E-state index contributed by atoms with van der Waals surface area (Å²) in [5.74, 6) is -3.09.